The smallest absolute Gasteiger partial charge is 0.341 e. The van der Waals surface area contributed by atoms with E-state index in [4.69, 9.17) is 0 Å². The zero-order valence-electron chi connectivity index (χ0n) is 15.2. The molecule has 0 bridgehead atoms. The van der Waals surface area contributed by atoms with Crippen LogP contribution in [-0.4, -0.2) is 41.8 Å². The van der Waals surface area contributed by atoms with Crippen molar-refractivity contribution >= 4 is 35.0 Å². The van der Waals surface area contributed by atoms with Crippen molar-refractivity contribution in [1.82, 2.24) is 9.88 Å². The Balaban J connectivity index is 0.00000240. The number of rotatable bonds is 3. The molecule has 0 atom stereocenters. The van der Waals surface area contributed by atoms with Gasteiger partial charge in [-0.05, 0) is 36.4 Å². The quantitative estimate of drug-likeness (QED) is 0.677. The van der Waals surface area contributed by atoms with E-state index in [1.807, 2.05) is 4.90 Å². The van der Waals surface area contributed by atoms with E-state index >= 15 is 0 Å². The minimum Gasteiger partial charge on any atom is -0.477 e. The van der Waals surface area contributed by atoms with Crippen LogP contribution in [-0.2, 0) is 0 Å². The third-order valence-corrected chi connectivity index (χ3v) is 4.87. The van der Waals surface area contributed by atoms with Gasteiger partial charge in [0.25, 0.3) is 0 Å². The number of hydrogen-bond donors (Lipinski definition) is 2. The Kier molecular flexibility index (Phi) is 5.86. The first kappa shape index (κ1) is 20.8. The number of piperazine rings is 1. The van der Waals surface area contributed by atoms with Gasteiger partial charge in [-0.1, -0.05) is 0 Å². The number of nitrogens with zero attached hydrogens (tertiary/aromatic N) is 2. The number of aromatic carboxylic acids is 1. The van der Waals surface area contributed by atoms with E-state index in [1.54, 1.807) is 6.07 Å². The molecule has 0 aliphatic carbocycles. The van der Waals surface area contributed by atoms with Crippen LogP contribution in [0.15, 0.2) is 47.4 Å². The van der Waals surface area contributed by atoms with Crippen molar-refractivity contribution in [2.75, 3.05) is 31.1 Å². The summed E-state index contributed by atoms with van der Waals surface area (Å²) in [6.07, 6.45) is 1.19. The molecule has 3 aromatic rings. The van der Waals surface area contributed by atoms with Gasteiger partial charge in [-0.2, -0.15) is 0 Å². The van der Waals surface area contributed by atoms with Crippen LogP contribution in [0.2, 0.25) is 0 Å². The third-order valence-electron chi connectivity index (χ3n) is 4.87. The molecule has 0 unspecified atom stereocenters. The Morgan fingerprint density at radius 1 is 1.10 bits per heavy atom. The zero-order valence-corrected chi connectivity index (χ0v) is 16.0. The van der Waals surface area contributed by atoms with Crippen molar-refractivity contribution in [3.63, 3.8) is 0 Å². The average Bonchev–Trinajstić information content (AvgIpc) is 2.69. The molecule has 152 valence electrons. The zero-order chi connectivity index (χ0) is 19.8. The standard InChI is InChI=1S/C20H17F2N3O3.ClH/c21-12-1-3-13(4-2-12)25-11-15(20(27)28)19(26)14-9-16(22)18(10-17(14)25)24-7-5-23-6-8-24;/h1-4,9-11,23H,5-8H2,(H,27,28);1H/i11+2;. The molecular formula is C20H18ClF2N3O3. The third kappa shape index (κ3) is 3.81. The second-order valence-corrected chi connectivity index (χ2v) is 6.58. The van der Waals surface area contributed by atoms with Crippen molar-refractivity contribution in [3.8, 4) is 5.69 Å². The Hall–Kier alpha value is -2.97. The molecule has 6 nitrogen and oxygen atoms in total. The number of halogens is 3. The SMILES string of the molecule is Cl.O=C(O)c1[14cH]n(-c2ccc(F)cc2)c2cc(N3CCNCC3)c(F)cc2c1=O. The van der Waals surface area contributed by atoms with Crippen LogP contribution in [0.3, 0.4) is 0 Å². The fourth-order valence-electron chi connectivity index (χ4n) is 3.45. The first-order chi connectivity index (χ1) is 13.5. The molecule has 0 amide bonds. The predicted molar refractivity (Wildman–Crippen MR) is 109 cm³/mol. The molecule has 1 fully saturated rings. The second kappa shape index (κ2) is 8.18. The molecule has 2 aromatic carbocycles. The highest BCUT2D eigenvalue weighted by atomic mass is 35.5. The molecule has 1 aliphatic rings. The number of nitrogens with one attached hydrogen (secondary N) is 1. The molecule has 2 N–H and O–H groups in total. The van der Waals surface area contributed by atoms with Crippen LogP contribution in [0.5, 0.6) is 0 Å². The van der Waals surface area contributed by atoms with Gasteiger partial charge in [0.2, 0.25) is 5.43 Å². The lowest BCUT2D eigenvalue weighted by Gasteiger charge is -2.30. The van der Waals surface area contributed by atoms with Gasteiger partial charge in [-0.15, -0.1) is 12.4 Å². The fraction of sp³-hybridized carbons (Fsp3) is 0.200. The van der Waals surface area contributed by atoms with Crippen molar-refractivity contribution in [1.29, 1.82) is 0 Å². The summed E-state index contributed by atoms with van der Waals surface area (Å²) in [7, 11) is 0. The van der Waals surface area contributed by atoms with Crippen molar-refractivity contribution in [3.05, 3.63) is 70.0 Å². The lowest BCUT2D eigenvalue weighted by Crippen LogP contribution is -2.43. The van der Waals surface area contributed by atoms with E-state index < -0.39 is 28.6 Å². The molecule has 29 heavy (non-hydrogen) atoms. The first-order valence-corrected chi connectivity index (χ1v) is 8.79. The lowest BCUT2D eigenvalue weighted by molar-refractivity contribution is 0.0695. The maximum absolute atomic E-state index is 14.8. The number of benzene rings is 2. The predicted octanol–water partition coefficient (Wildman–Crippen LogP) is 2.80. The summed E-state index contributed by atoms with van der Waals surface area (Å²) in [5.74, 6) is -2.44. The van der Waals surface area contributed by atoms with Gasteiger partial charge in [0.05, 0.1) is 11.2 Å². The molecule has 9 heteroatoms. The summed E-state index contributed by atoms with van der Waals surface area (Å²) >= 11 is 0. The minimum atomic E-state index is -1.41. The number of anilines is 1. The number of hydrogen-bond acceptors (Lipinski definition) is 4. The van der Waals surface area contributed by atoms with E-state index in [0.717, 1.165) is 6.07 Å². The summed E-state index contributed by atoms with van der Waals surface area (Å²) in [5.41, 5.74) is -0.0755. The van der Waals surface area contributed by atoms with Crippen LogP contribution >= 0.6 is 12.4 Å². The van der Waals surface area contributed by atoms with Gasteiger partial charge < -0.3 is 19.9 Å². The Labute approximate surface area is 170 Å². The van der Waals surface area contributed by atoms with Crippen LogP contribution in [0.4, 0.5) is 14.5 Å². The van der Waals surface area contributed by atoms with Crippen LogP contribution in [0, 0.1) is 11.6 Å². The molecule has 0 radical (unpaired) electrons. The number of fused-ring (bicyclic) bond motifs is 1. The Bertz CT molecular complexity index is 1130. The molecule has 0 spiro atoms. The largest absolute Gasteiger partial charge is 0.477 e. The number of carbonyl (C=O) groups is 1. The van der Waals surface area contributed by atoms with Gasteiger partial charge in [-0.25, -0.2) is 13.6 Å². The van der Waals surface area contributed by atoms with Gasteiger partial charge in [0, 0.05) is 43.4 Å². The molecule has 2 heterocycles. The number of carboxylic acid groups (broad SMARTS) is 1. The summed E-state index contributed by atoms with van der Waals surface area (Å²) in [6, 6.07) is 8.05. The highest BCUT2D eigenvalue weighted by Gasteiger charge is 2.20. The number of aromatic nitrogens is 1. The van der Waals surface area contributed by atoms with Gasteiger partial charge in [0.1, 0.15) is 17.2 Å². The van der Waals surface area contributed by atoms with Crippen LogP contribution in [0.1, 0.15) is 10.4 Å². The van der Waals surface area contributed by atoms with E-state index in [9.17, 15) is 23.5 Å². The average molecular weight is 424 g/mol. The monoisotopic (exact) mass is 423 g/mol. The maximum atomic E-state index is 14.8. The Morgan fingerprint density at radius 3 is 2.38 bits per heavy atom. The van der Waals surface area contributed by atoms with E-state index in [0.29, 0.717) is 43.1 Å². The molecule has 1 aromatic heterocycles. The normalized spacial score (nSPS) is 13.9. The summed E-state index contributed by atoms with van der Waals surface area (Å²) < 4.78 is 29.6. The van der Waals surface area contributed by atoms with Crippen molar-refractivity contribution < 1.29 is 18.7 Å². The van der Waals surface area contributed by atoms with E-state index in [2.05, 4.69) is 5.32 Å². The highest BCUT2D eigenvalue weighted by Crippen LogP contribution is 2.27. The minimum absolute atomic E-state index is 0. The molecular weight excluding hydrogens is 406 g/mol. The lowest BCUT2D eigenvalue weighted by atomic mass is 10.1. The first-order valence-electron chi connectivity index (χ1n) is 8.79. The topological polar surface area (TPSA) is 74.6 Å². The van der Waals surface area contributed by atoms with Crippen LogP contribution in [0.25, 0.3) is 16.6 Å². The summed E-state index contributed by atoms with van der Waals surface area (Å²) in [6.45, 7) is 2.63. The maximum Gasteiger partial charge on any atom is 0.341 e. The fourth-order valence-corrected chi connectivity index (χ4v) is 3.45. The van der Waals surface area contributed by atoms with Crippen molar-refractivity contribution in [2.24, 2.45) is 0 Å². The summed E-state index contributed by atoms with van der Waals surface area (Å²) in [4.78, 5) is 26.0. The number of carboxylic acids is 1. The molecule has 4 rings (SSSR count). The summed E-state index contributed by atoms with van der Waals surface area (Å²) in [5, 5.41) is 12.5. The van der Waals surface area contributed by atoms with E-state index in [1.165, 1.54) is 35.0 Å². The van der Waals surface area contributed by atoms with E-state index in [-0.39, 0.29) is 17.8 Å². The molecule has 1 aliphatic heterocycles. The van der Waals surface area contributed by atoms with Crippen LogP contribution < -0.4 is 15.6 Å². The highest BCUT2D eigenvalue weighted by molar-refractivity contribution is 5.94. The van der Waals surface area contributed by atoms with Gasteiger partial charge >= 0.3 is 5.97 Å². The van der Waals surface area contributed by atoms with Crippen molar-refractivity contribution in [2.45, 2.75) is 0 Å². The Morgan fingerprint density at radius 2 is 1.76 bits per heavy atom. The van der Waals surface area contributed by atoms with Gasteiger partial charge in [0.15, 0.2) is 0 Å². The van der Waals surface area contributed by atoms with Gasteiger partial charge in [-0.3, -0.25) is 4.79 Å². The second-order valence-electron chi connectivity index (χ2n) is 6.58. The molecule has 1 saturated heterocycles. The molecule has 0 saturated carbocycles. The number of pyridine rings is 1.